The molecule has 2 aromatic carbocycles. The Labute approximate surface area is 261 Å². The van der Waals surface area contributed by atoms with Crippen LogP contribution in [0, 0.1) is 25.7 Å². The number of para-hydroxylation sites is 1. The maximum Gasteiger partial charge on any atom is 0.255 e. The van der Waals surface area contributed by atoms with Gasteiger partial charge in [0.05, 0.1) is 24.6 Å². The first kappa shape index (κ1) is 34.4. The second-order valence-corrected chi connectivity index (χ2v) is 12.4. The average Bonchev–Trinajstić information content (AvgIpc) is 2.96. The monoisotopic (exact) mass is 608 g/mol. The molecule has 0 unspecified atom stereocenters. The maximum absolute atomic E-state index is 13.7. The molecule has 10 nitrogen and oxygen atoms in total. The van der Waals surface area contributed by atoms with Crippen LogP contribution in [0.15, 0.2) is 42.5 Å². The van der Waals surface area contributed by atoms with Crippen LogP contribution in [0.2, 0.25) is 0 Å². The summed E-state index contributed by atoms with van der Waals surface area (Å²) < 4.78 is 12.0. The van der Waals surface area contributed by atoms with E-state index >= 15 is 0 Å². The molecular formula is C34H48N4O6. The lowest BCUT2D eigenvalue weighted by Gasteiger charge is -2.33. The quantitative estimate of drug-likeness (QED) is 0.372. The van der Waals surface area contributed by atoms with Gasteiger partial charge in [-0.25, -0.2) is 0 Å². The predicted octanol–water partition coefficient (Wildman–Crippen LogP) is 3.78. The van der Waals surface area contributed by atoms with Crippen molar-refractivity contribution >= 4 is 23.6 Å². The Bertz CT molecular complexity index is 1310. The number of rotatable bonds is 9. The normalized spacial score (nSPS) is 19.9. The van der Waals surface area contributed by atoms with E-state index < -0.39 is 29.8 Å². The van der Waals surface area contributed by atoms with Crippen LogP contribution in [0.3, 0.4) is 0 Å². The minimum atomic E-state index is -1.19. The highest BCUT2D eigenvalue weighted by Gasteiger charge is 2.33. The van der Waals surface area contributed by atoms with Crippen LogP contribution in [0.5, 0.6) is 11.5 Å². The van der Waals surface area contributed by atoms with Crippen LogP contribution in [0.1, 0.15) is 68.4 Å². The van der Waals surface area contributed by atoms with Crippen LogP contribution in [-0.4, -0.2) is 73.5 Å². The first-order valence-electron chi connectivity index (χ1n) is 15.4. The second kappa shape index (κ2) is 16.1. The summed E-state index contributed by atoms with van der Waals surface area (Å²) in [5, 5.41) is 8.34. The highest BCUT2D eigenvalue weighted by Crippen LogP contribution is 2.22. The highest BCUT2D eigenvalue weighted by molar-refractivity contribution is 6.01. The predicted molar refractivity (Wildman–Crippen MR) is 170 cm³/mol. The zero-order chi connectivity index (χ0) is 32.4. The SMILES string of the molecule is Cc1ccc(OCCNC(=O)[C@@H]2CC(=O)N[C@@H](CC(C)C)C(=O)N(C)[C@@H](CC(C)C)COc3ccccc3C(=O)N2)c(C)c1. The van der Waals surface area contributed by atoms with Crippen molar-refractivity contribution in [3.63, 3.8) is 0 Å². The first-order valence-corrected chi connectivity index (χ1v) is 15.4. The van der Waals surface area contributed by atoms with E-state index in [1.165, 1.54) is 0 Å². The fourth-order valence-corrected chi connectivity index (χ4v) is 5.27. The first-order chi connectivity index (χ1) is 20.8. The van der Waals surface area contributed by atoms with E-state index in [0.717, 1.165) is 11.1 Å². The number of hydrogen-bond acceptors (Lipinski definition) is 6. The molecule has 0 radical (unpaired) electrons. The van der Waals surface area contributed by atoms with E-state index in [9.17, 15) is 19.2 Å². The van der Waals surface area contributed by atoms with Crippen LogP contribution in [-0.2, 0) is 14.4 Å². The van der Waals surface area contributed by atoms with Gasteiger partial charge in [-0.15, -0.1) is 0 Å². The van der Waals surface area contributed by atoms with Crippen molar-refractivity contribution in [3.05, 3.63) is 59.2 Å². The highest BCUT2D eigenvalue weighted by atomic mass is 16.5. The topological polar surface area (TPSA) is 126 Å². The summed E-state index contributed by atoms with van der Waals surface area (Å²) in [6, 6.07) is 10.3. The summed E-state index contributed by atoms with van der Waals surface area (Å²) in [6.07, 6.45) is 0.750. The van der Waals surface area contributed by atoms with E-state index in [1.807, 2.05) is 45.9 Å². The standard InChI is InChI=1S/C34H48N4O6/c1-21(2)16-25-20-44-30-11-9-8-10-26(30)32(40)37-27(19-31(39)36-28(17-22(3)4)34(42)38(25)7)33(41)35-14-15-43-29-13-12-23(5)18-24(29)6/h8-13,18,21-22,25,27-28H,14-17,19-20H2,1-7H3,(H,35,41)(H,36,39)(H,37,40)/t25-,27-,28-/m0/s1. The van der Waals surface area contributed by atoms with Crippen molar-refractivity contribution in [2.75, 3.05) is 26.8 Å². The van der Waals surface area contributed by atoms with Crippen molar-refractivity contribution in [2.24, 2.45) is 11.8 Å². The number of hydrogen-bond donors (Lipinski definition) is 3. The Morgan fingerprint density at radius 1 is 1.02 bits per heavy atom. The van der Waals surface area contributed by atoms with E-state index in [1.54, 1.807) is 36.2 Å². The Hall–Kier alpha value is -4.08. The largest absolute Gasteiger partial charge is 0.491 e. The number of benzene rings is 2. The average molecular weight is 609 g/mol. The third-order valence-electron chi connectivity index (χ3n) is 7.54. The summed E-state index contributed by atoms with van der Waals surface area (Å²) in [7, 11) is 1.72. The van der Waals surface area contributed by atoms with Crippen LogP contribution in [0.4, 0.5) is 0 Å². The number of nitrogens with one attached hydrogen (secondary N) is 3. The summed E-state index contributed by atoms with van der Waals surface area (Å²) >= 11 is 0. The number of nitrogens with zero attached hydrogens (tertiary/aromatic N) is 1. The molecule has 0 fully saturated rings. The molecule has 0 aliphatic carbocycles. The molecule has 2 aromatic rings. The number of carbonyl (C=O) groups is 4. The Morgan fingerprint density at radius 3 is 2.41 bits per heavy atom. The molecule has 0 saturated heterocycles. The van der Waals surface area contributed by atoms with Crippen molar-refractivity contribution in [3.8, 4) is 11.5 Å². The molecule has 240 valence electrons. The molecule has 3 atom stereocenters. The number of fused-ring (bicyclic) bond motifs is 1. The third-order valence-corrected chi connectivity index (χ3v) is 7.54. The van der Waals surface area contributed by atoms with Gasteiger partial charge in [-0.05, 0) is 62.3 Å². The van der Waals surface area contributed by atoms with E-state index in [2.05, 4.69) is 29.8 Å². The Morgan fingerprint density at radius 2 is 1.73 bits per heavy atom. The smallest absolute Gasteiger partial charge is 0.255 e. The molecule has 3 rings (SSSR count). The second-order valence-electron chi connectivity index (χ2n) is 12.4. The minimum Gasteiger partial charge on any atom is -0.491 e. The molecule has 4 amide bonds. The molecule has 0 saturated carbocycles. The maximum atomic E-state index is 13.7. The fraction of sp³-hybridized carbons (Fsp3) is 0.529. The molecular weight excluding hydrogens is 560 g/mol. The van der Waals surface area contributed by atoms with Crippen molar-refractivity contribution in [1.29, 1.82) is 0 Å². The van der Waals surface area contributed by atoms with Gasteiger partial charge in [0.1, 0.15) is 36.8 Å². The van der Waals surface area contributed by atoms with Gasteiger partial charge >= 0.3 is 0 Å². The van der Waals surface area contributed by atoms with Gasteiger partial charge in [-0.2, -0.15) is 0 Å². The molecule has 1 heterocycles. The molecule has 44 heavy (non-hydrogen) atoms. The Balaban J connectivity index is 1.84. The lowest BCUT2D eigenvalue weighted by molar-refractivity contribution is -0.138. The number of aryl methyl sites for hydroxylation is 2. The molecule has 0 spiro atoms. The number of ether oxygens (including phenoxy) is 2. The van der Waals surface area contributed by atoms with Gasteiger partial charge in [0.25, 0.3) is 5.91 Å². The molecule has 1 aliphatic heterocycles. The minimum absolute atomic E-state index is 0.124. The molecule has 1 aliphatic rings. The van der Waals surface area contributed by atoms with Crippen molar-refractivity contribution < 1.29 is 28.7 Å². The van der Waals surface area contributed by atoms with Gasteiger partial charge in [-0.1, -0.05) is 57.5 Å². The zero-order valence-corrected chi connectivity index (χ0v) is 27.1. The molecule has 0 aromatic heterocycles. The van der Waals surface area contributed by atoms with Gasteiger partial charge < -0.3 is 30.3 Å². The zero-order valence-electron chi connectivity index (χ0n) is 27.1. The van der Waals surface area contributed by atoms with Crippen LogP contribution < -0.4 is 25.4 Å². The summed E-state index contributed by atoms with van der Waals surface area (Å²) in [5.41, 5.74) is 2.34. The summed E-state index contributed by atoms with van der Waals surface area (Å²) in [4.78, 5) is 55.5. The third kappa shape index (κ3) is 9.99. The van der Waals surface area contributed by atoms with Gasteiger partial charge in [-0.3, -0.25) is 19.2 Å². The number of likely N-dealkylation sites (N-methyl/N-ethyl adjacent to an activating group) is 1. The summed E-state index contributed by atoms with van der Waals surface area (Å²) in [6.45, 7) is 12.6. The Kier molecular flexibility index (Phi) is 12.6. The molecule has 0 bridgehead atoms. The van der Waals surface area contributed by atoms with E-state index in [-0.39, 0.29) is 55.5 Å². The van der Waals surface area contributed by atoms with Crippen LogP contribution >= 0.6 is 0 Å². The van der Waals surface area contributed by atoms with Gasteiger partial charge in [0.2, 0.25) is 17.7 Å². The van der Waals surface area contributed by atoms with Crippen molar-refractivity contribution in [2.45, 2.75) is 78.9 Å². The lowest BCUT2D eigenvalue weighted by Crippen LogP contribution is -2.55. The molecule has 3 N–H and O–H groups in total. The van der Waals surface area contributed by atoms with Crippen LogP contribution in [0.25, 0.3) is 0 Å². The molecule has 10 heteroatoms. The van der Waals surface area contributed by atoms with Gasteiger partial charge in [0.15, 0.2) is 0 Å². The number of carbonyl (C=O) groups excluding carboxylic acids is 4. The van der Waals surface area contributed by atoms with E-state index in [4.69, 9.17) is 9.47 Å². The van der Waals surface area contributed by atoms with E-state index in [0.29, 0.717) is 24.3 Å². The van der Waals surface area contributed by atoms with Crippen molar-refractivity contribution in [1.82, 2.24) is 20.9 Å². The lowest BCUT2D eigenvalue weighted by atomic mass is 9.99. The number of amides is 4. The summed E-state index contributed by atoms with van der Waals surface area (Å²) in [5.74, 6) is -0.356. The fourth-order valence-electron chi connectivity index (χ4n) is 5.27. The van der Waals surface area contributed by atoms with Gasteiger partial charge in [0, 0.05) is 7.05 Å².